The number of amides is 1. The normalized spacial score (nSPS) is 10.4. The fourth-order valence-corrected chi connectivity index (χ4v) is 3.35. The molecule has 0 spiro atoms. The quantitative estimate of drug-likeness (QED) is 0.838. The van der Waals surface area contributed by atoms with Crippen LogP contribution in [0.5, 0.6) is 0 Å². The number of carbonyl (C=O) groups is 1. The van der Waals surface area contributed by atoms with Crippen LogP contribution in [0.3, 0.4) is 0 Å². The Labute approximate surface area is 137 Å². The number of aromatic nitrogens is 1. The van der Waals surface area contributed by atoms with Crippen molar-refractivity contribution < 1.29 is 4.79 Å². The van der Waals surface area contributed by atoms with Crippen molar-refractivity contribution in [1.82, 2.24) is 9.88 Å². The maximum Gasteiger partial charge on any atom is 0.272 e. The molecule has 1 amide bonds. The van der Waals surface area contributed by atoms with Crippen molar-refractivity contribution in [3.8, 4) is 0 Å². The summed E-state index contributed by atoms with van der Waals surface area (Å²) < 4.78 is 1.05. The van der Waals surface area contributed by atoms with E-state index in [1.54, 1.807) is 29.4 Å². The number of halogens is 1. The van der Waals surface area contributed by atoms with E-state index < -0.39 is 0 Å². The Morgan fingerprint density at radius 3 is 2.95 bits per heavy atom. The van der Waals surface area contributed by atoms with Gasteiger partial charge in [-0.15, -0.1) is 11.3 Å². The molecule has 0 radical (unpaired) electrons. The van der Waals surface area contributed by atoms with Gasteiger partial charge in [0.05, 0.1) is 6.54 Å². The van der Waals surface area contributed by atoms with Gasteiger partial charge in [-0.2, -0.15) is 0 Å². The molecule has 6 heteroatoms. The minimum atomic E-state index is -0.0697. The lowest BCUT2D eigenvalue weighted by molar-refractivity contribution is 0.0781. The zero-order chi connectivity index (χ0) is 15.2. The van der Waals surface area contributed by atoms with Crippen LogP contribution in [0.2, 0.25) is 0 Å². The largest absolute Gasteiger partial charge is 0.370 e. The second-order valence-electron chi connectivity index (χ2n) is 4.73. The van der Waals surface area contributed by atoms with Crippen LogP contribution in [-0.4, -0.2) is 29.4 Å². The van der Waals surface area contributed by atoms with E-state index in [2.05, 4.69) is 33.2 Å². The van der Waals surface area contributed by atoms with Gasteiger partial charge in [-0.3, -0.25) is 4.79 Å². The van der Waals surface area contributed by atoms with Gasteiger partial charge in [-0.25, -0.2) is 4.98 Å². The minimum absolute atomic E-state index is 0.0697. The first-order valence-electron chi connectivity index (χ1n) is 6.79. The maximum atomic E-state index is 12.4. The van der Waals surface area contributed by atoms with Gasteiger partial charge in [-0.1, -0.05) is 13.0 Å². The molecule has 0 aliphatic carbocycles. The summed E-state index contributed by atoms with van der Waals surface area (Å²) in [4.78, 5) is 19.6. The lowest BCUT2D eigenvalue weighted by atomic mass is 10.3. The fraction of sp³-hybridized carbons (Fsp3) is 0.333. The molecular formula is C15H18BrN3OS. The summed E-state index contributed by atoms with van der Waals surface area (Å²) in [6, 6.07) is 7.51. The van der Waals surface area contributed by atoms with Gasteiger partial charge in [0.25, 0.3) is 5.91 Å². The number of nitrogens with one attached hydrogen (secondary N) is 1. The Bertz CT molecular complexity index is 614. The van der Waals surface area contributed by atoms with Crippen molar-refractivity contribution in [2.24, 2.45) is 0 Å². The lowest BCUT2D eigenvalue weighted by Gasteiger charge is -2.16. The predicted octanol–water partition coefficient (Wildman–Crippen LogP) is 4.00. The second-order valence-corrected chi connectivity index (χ2v) is 6.64. The molecule has 0 aliphatic heterocycles. The van der Waals surface area contributed by atoms with Gasteiger partial charge in [0.2, 0.25) is 0 Å². The molecule has 2 heterocycles. The topological polar surface area (TPSA) is 45.2 Å². The number of pyridine rings is 1. The summed E-state index contributed by atoms with van der Waals surface area (Å²) in [7, 11) is 1.80. The van der Waals surface area contributed by atoms with Gasteiger partial charge >= 0.3 is 0 Å². The molecule has 112 valence electrons. The zero-order valence-corrected chi connectivity index (χ0v) is 14.5. The van der Waals surface area contributed by atoms with Crippen molar-refractivity contribution in [3.05, 3.63) is 44.7 Å². The Hall–Kier alpha value is -1.40. The molecule has 4 nitrogen and oxygen atoms in total. The molecule has 2 aromatic rings. The maximum absolute atomic E-state index is 12.4. The number of thiophene rings is 1. The first-order valence-corrected chi connectivity index (χ1v) is 8.46. The van der Waals surface area contributed by atoms with E-state index in [9.17, 15) is 4.79 Å². The summed E-state index contributed by atoms with van der Waals surface area (Å²) in [5.41, 5.74) is 0.467. The number of anilines is 1. The van der Waals surface area contributed by atoms with Crippen molar-refractivity contribution in [2.75, 3.05) is 18.9 Å². The highest BCUT2D eigenvalue weighted by molar-refractivity contribution is 9.10. The Morgan fingerprint density at radius 2 is 2.29 bits per heavy atom. The van der Waals surface area contributed by atoms with Gasteiger partial charge in [0.15, 0.2) is 0 Å². The molecule has 2 aromatic heterocycles. The molecule has 21 heavy (non-hydrogen) atoms. The van der Waals surface area contributed by atoms with Crippen LogP contribution in [-0.2, 0) is 6.54 Å². The van der Waals surface area contributed by atoms with Crippen LogP contribution < -0.4 is 5.32 Å². The average molecular weight is 368 g/mol. The van der Waals surface area contributed by atoms with Gasteiger partial charge in [-0.05, 0) is 40.5 Å². The molecule has 0 aliphatic rings. The van der Waals surface area contributed by atoms with E-state index in [1.165, 1.54) is 0 Å². The first kappa shape index (κ1) is 16.0. The second kappa shape index (κ2) is 7.56. The molecule has 0 saturated heterocycles. The smallest absolute Gasteiger partial charge is 0.272 e. The molecule has 0 saturated carbocycles. The molecule has 0 unspecified atom stereocenters. The van der Waals surface area contributed by atoms with Gasteiger partial charge < -0.3 is 10.2 Å². The molecule has 2 rings (SSSR count). The summed E-state index contributed by atoms with van der Waals surface area (Å²) in [5, 5.41) is 5.21. The fourth-order valence-electron chi connectivity index (χ4n) is 1.84. The van der Waals surface area contributed by atoms with Crippen molar-refractivity contribution in [2.45, 2.75) is 19.9 Å². The Morgan fingerprint density at radius 1 is 1.48 bits per heavy atom. The van der Waals surface area contributed by atoms with Crippen LogP contribution in [0.4, 0.5) is 5.82 Å². The Balaban J connectivity index is 2.04. The molecule has 0 aromatic carbocycles. The van der Waals surface area contributed by atoms with E-state index in [4.69, 9.17) is 0 Å². The molecule has 0 atom stereocenters. The summed E-state index contributed by atoms with van der Waals surface area (Å²) in [6.45, 7) is 3.53. The SMILES string of the molecule is CCCNc1cccc(C(=O)N(C)Cc2cc(Br)cs2)n1. The number of hydrogen-bond donors (Lipinski definition) is 1. The lowest BCUT2D eigenvalue weighted by Crippen LogP contribution is -2.26. The van der Waals surface area contributed by atoms with Crippen LogP contribution in [0.25, 0.3) is 0 Å². The Kier molecular flexibility index (Phi) is 5.76. The highest BCUT2D eigenvalue weighted by Gasteiger charge is 2.14. The third kappa shape index (κ3) is 4.54. The van der Waals surface area contributed by atoms with E-state index in [1.807, 2.05) is 23.6 Å². The van der Waals surface area contributed by atoms with Crippen molar-refractivity contribution in [1.29, 1.82) is 0 Å². The van der Waals surface area contributed by atoms with Gasteiger partial charge in [0.1, 0.15) is 11.5 Å². The van der Waals surface area contributed by atoms with Gasteiger partial charge in [0, 0.05) is 28.3 Å². The molecule has 0 fully saturated rings. The molecule has 0 bridgehead atoms. The van der Waals surface area contributed by atoms with E-state index in [0.29, 0.717) is 12.2 Å². The molecular weight excluding hydrogens is 350 g/mol. The van der Waals surface area contributed by atoms with E-state index in [-0.39, 0.29) is 5.91 Å². The number of hydrogen-bond acceptors (Lipinski definition) is 4. The van der Waals surface area contributed by atoms with E-state index >= 15 is 0 Å². The minimum Gasteiger partial charge on any atom is -0.370 e. The van der Waals surface area contributed by atoms with Crippen LogP contribution in [0.15, 0.2) is 34.1 Å². The summed E-state index contributed by atoms with van der Waals surface area (Å²) >= 11 is 5.06. The average Bonchev–Trinajstić information content (AvgIpc) is 2.89. The third-order valence-corrected chi connectivity index (χ3v) is 4.57. The monoisotopic (exact) mass is 367 g/mol. The number of carbonyl (C=O) groups excluding carboxylic acids is 1. The highest BCUT2D eigenvalue weighted by atomic mass is 79.9. The van der Waals surface area contributed by atoms with E-state index in [0.717, 1.165) is 28.1 Å². The first-order chi connectivity index (χ1) is 10.1. The van der Waals surface area contributed by atoms with Crippen LogP contribution in [0, 0.1) is 0 Å². The van der Waals surface area contributed by atoms with Crippen LogP contribution >= 0.6 is 27.3 Å². The predicted molar refractivity (Wildman–Crippen MR) is 90.8 cm³/mol. The van der Waals surface area contributed by atoms with Crippen LogP contribution in [0.1, 0.15) is 28.7 Å². The zero-order valence-electron chi connectivity index (χ0n) is 12.1. The highest BCUT2D eigenvalue weighted by Crippen LogP contribution is 2.21. The number of rotatable bonds is 6. The van der Waals surface area contributed by atoms with Crippen molar-refractivity contribution >= 4 is 39.0 Å². The van der Waals surface area contributed by atoms with Crippen molar-refractivity contribution in [3.63, 3.8) is 0 Å². The standard InChI is InChI=1S/C15H18BrN3OS/c1-3-7-17-14-6-4-5-13(18-14)15(20)19(2)9-12-8-11(16)10-21-12/h4-6,8,10H,3,7,9H2,1-2H3,(H,17,18). The summed E-state index contributed by atoms with van der Waals surface area (Å²) in [6.07, 6.45) is 1.02. The number of nitrogens with zero attached hydrogens (tertiary/aromatic N) is 2. The summed E-state index contributed by atoms with van der Waals surface area (Å²) in [5.74, 6) is 0.676. The third-order valence-electron chi connectivity index (χ3n) is 2.89. The molecule has 1 N–H and O–H groups in total.